The number of amides is 1. The number of carbonyl (C=O) groups is 1. The van der Waals surface area contributed by atoms with Crippen LogP contribution < -0.4 is 4.74 Å². The molecule has 0 aliphatic carbocycles. The van der Waals surface area contributed by atoms with Gasteiger partial charge in [-0.2, -0.15) is 0 Å². The fourth-order valence-corrected chi connectivity index (χ4v) is 3.48. The van der Waals surface area contributed by atoms with Crippen molar-refractivity contribution < 1.29 is 14.3 Å². The molecule has 0 N–H and O–H groups in total. The van der Waals surface area contributed by atoms with Crippen LogP contribution in [0.3, 0.4) is 0 Å². The van der Waals surface area contributed by atoms with Crippen molar-refractivity contribution in [2.24, 2.45) is 0 Å². The van der Waals surface area contributed by atoms with Gasteiger partial charge in [0.25, 0.3) is 0 Å². The lowest BCUT2D eigenvalue weighted by Crippen LogP contribution is -2.36. The Labute approximate surface area is 149 Å². The number of methoxy groups -OCH3 is 1. The molecule has 3 rings (SSSR count). The first-order chi connectivity index (χ1) is 12.2. The highest BCUT2D eigenvalue weighted by molar-refractivity contribution is 5.69. The van der Waals surface area contributed by atoms with Crippen LogP contribution in [0.1, 0.15) is 36.1 Å². The van der Waals surface area contributed by atoms with Crippen molar-refractivity contribution in [2.45, 2.75) is 32.2 Å². The first-order valence-electron chi connectivity index (χ1n) is 8.87. The molecule has 1 heterocycles. The Bertz CT molecular complexity index is 714. The van der Waals surface area contributed by atoms with Crippen LogP contribution in [-0.2, 0) is 17.6 Å². The lowest BCUT2D eigenvalue weighted by atomic mass is 9.93. The van der Waals surface area contributed by atoms with E-state index in [1.54, 1.807) is 7.11 Å². The van der Waals surface area contributed by atoms with Crippen LogP contribution in [0.5, 0.6) is 5.75 Å². The Morgan fingerprint density at radius 3 is 2.72 bits per heavy atom. The second-order valence-corrected chi connectivity index (χ2v) is 6.27. The summed E-state index contributed by atoms with van der Waals surface area (Å²) in [5, 5.41) is 0. The number of aryl methyl sites for hydroxylation is 1. The molecule has 132 valence electrons. The molecule has 1 atom stereocenters. The summed E-state index contributed by atoms with van der Waals surface area (Å²) in [5.41, 5.74) is 3.65. The zero-order chi connectivity index (χ0) is 17.6. The van der Waals surface area contributed by atoms with Crippen LogP contribution in [0.4, 0.5) is 4.79 Å². The summed E-state index contributed by atoms with van der Waals surface area (Å²) >= 11 is 0. The molecule has 4 heteroatoms. The van der Waals surface area contributed by atoms with E-state index in [0.29, 0.717) is 13.2 Å². The molecule has 1 unspecified atom stereocenters. The van der Waals surface area contributed by atoms with Crippen LogP contribution >= 0.6 is 0 Å². The Kier molecular flexibility index (Phi) is 5.59. The largest absolute Gasteiger partial charge is 0.497 e. The van der Waals surface area contributed by atoms with E-state index in [2.05, 4.69) is 24.3 Å². The van der Waals surface area contributed by atoms with E-state index >= 15 is 0 Å². The summed E-state index contributed by atoms with van der Waals surface area (Å²) in [6, 6.07) is 16.4. The van der Waals surface area contributed by atoms with E-state index < -0.39 is 0 Å². The number of hydrogen-bond donors (Lipinski definition) is 0. The molecule has 0 bridgehead atoms. The quantitative estimate of drug-likeness (QED) is 0.829. The normalized spacial score (nSPS) is 16.7. The Morgan fingerprint density at radius 1 is 1.20 bits per heavy atom. The third kappa shape index (κ3) is 3.95. The fraction of sp³-hybridized carbons (Fsp3) is 0.381. The predicted octanol–water partition coefficient (Wildman–Crippen LogP) is 4.38. The zero-order valence-corrected chi connectivity index (χ0v) is 14.9. The molecule has 2 aromatic carbocycles. The van der Waals surface area contributed by atoms with Gasteiger partial charge < -0.3 is 14.4 Å². The molecule has 25 heavy (non-hydrogen) atoms. The standard InChI is InChI=1S/C21H25NO3/c1-3-25-21(23)22-13-7-10-17-11-12-18(24-2)15-19(17)20(22)14-16-8-5-4-6-9-16/h4-6,8-9,11-12,15,20H,3,7,10,13-14H2,1-2H3. The Balaban J connectivity index is 2.02. The molecular formula is C21H25NO3. The van der Waals surface area contributed by atoms with Gasteiger partial charge in [-0.25, -0.2) is 4.79 Å². The van der Waals surface area contributed by atoms with Crippen molar-refractivity contribution in [1.82, 2.24) is 4.90 Å². The number of benzene rings is 2. The minimum atomic E-state index is -0.237. The monoisotopic (exact) mass is 339 g/mol. The summed E-state index contributed by atoms with van der Waals surface area (Å²) in [5.74, 6) is 0.822. The first kappa shape index (κ1) is 17.3. The van der Waals surface area contributed by atoms with Gasteiger partial charge in [0, 0.05) is 6.54 Å². The van der Waals surface area contributed by atoms with Crippen LogP contribution in [0.15, 0.2) is 48.5 Å². The highest BCUT2D eigenvalue weighted by Crippen LogP contribution is 2.34. The number of rotatable bonds is 4. The second kappa shape index (κ2) is 8.06. The van der Waals surface area contributed by atoms with Gasteiger partial charge in [-0.15, -0.1) is 0 Å². The average Bonchev–Trinajstić information content (AvgIpc) is 2.82. The molecule has 1 amide bonds. The van der Waals surface area contributed by atoms with E-state index in [1.165, 1.54) is 11.1 Å². The summed E-state index contributed by atoms with van der Waals surface area (Å²) in [4.78, 5) is 14.5. The van der Waals surface area contributed by atoms with Gasteiger partial charge in [0.15, 0.2) is 0 Å². The minimum Gasteiger partial charge on any atom is -0.497 e. The lowest BCUT2D eigenvalue weighted by Gasteiger charge is -2.30. The van der Waals surface area contributed by atoms with Crippen molar-refractivity contribution in [1.29, 1.82) is 0 Å². The number of ether oxygens (including phenoxy) is 2. The highest BCUT2D eigenvalue weighted by Gasteiger charge is 2.30. The number of nitrogens with zero attached hydrogens (tertiary/aromatic N) is 1. The third-order valence-corrected chi connectivity index (χ3v) is 4.71. The Morgan fingerprint density at radius 2 is 2.00 bits per heavy atom. The smallest absolute Gasteiger partial charge is 0.410 e. The van der Waals surface area contributed by atoms with Crippen LogP contribution in [0.2, 0.25) is 0 Å². The maximum absolute atomic E-state index is 12.6. The fourth-order valence-electron chi connectivity index (χ4n) is 3.48. The predicted molar refractivity (Wildman–Crippen MR) is 97.9 cm³/mol. The summed E-state index contributed by atoms with van der Waals surface area (Å²) in [6.07, 6.45) is 2.42. The van der Waals surface area contributed by atoms with E-state index in [1.807, 2.05) is 36.1 Å². The van der Waals surface area contributed by atoms with Crippen molar-refractivity contribution in [3.8, 4) is 5.75 Å². The number of fused-ring (bicyclic) bond motifs is 1. The molecule has 0 fully saturated rings. The van der Waals surface area contributed by atoms with Gasteiger partial charge >= 0.3 is 6.09 Å². The number of carbonyl (C=O) groups excluding carboxylic acids is 1. The molecule has 1 aliphatic heterocycles. The summed E-state index contributed by atoms with van der Waals surface area (Å²) in [6.45, 7) is 2.94. The lowest BCUT2D eigenvalue weighted by molar-refractivity contribution is 0.0904. The average molecular weight is 339 g/mol. The second-order valence-electron chi connectivity index (χ2n) is 6.27. The van der Waals surface area contributed by atoms with E-state index in [4.69, 9.17) is 9.47 Å². The van der Waals surface area contributed by atoms with E-state index in [-0.39, 0.29) is 12.1 Å². The minimum absolute atomic E-state index is 0.0472. The van der Waals surface area contributed by atoms with Gasteiger partial charge in [0.2, 0.25) is 0 Å². The van der Waals surface area contributed by atoms with Crippen molar-refractivity contribution in [3.63, 3.8) is 0 Å². The maximum Gasteiger partial charge on any atom is 0.410 e. The van der Waals surface area contributed by atoms with E-state index in [0.717, 1.165) is 30.6 Å². The highest BCUT2D eigenvalue weighted by atomic mass is 16.6. The molecule has 1 aliphatic rings. The third-order valence-electron chi connectivity index (χ3n) is 4.71. The van der Waals surface area contributed by atoms with Crippen LogP contribution in [-0.4, -0.2) is 31.3 Å². The molecule has 4 nitrogen and oxygen atoms in total. The molecule has 2 aromatic rings. The molecule has 0 saturated heterocycles. The maximum atomic E-state index is 12.6. The zero-order valence-electron chi connectivity index (χ0n) is 14.9. The van der Waals surface area contributed by atoms with Gasteiger partial charge in [0.05, 0.1) is 19.8 Å². The number of hydrogen-bond acceptors (Lipinski definition) is 3. The van der Waals surface area contributed by atoms with Crippen molar-refractivity contribution in [2.75, 3.05) is 20.3 Å². The SMILES string of the molecule is CCOC(=O)N1CCCc2ccc(OC)cc2C1Cc1ccccc1. The van der Waals surface area contributed by atoms with Crippen molar-refractivity contribution in [3.05, 3.63) is 65.2 Å². The van der Waals surface area contributed by atoms with Gasteiger partial charge in [-0.05, 0) is 55.0 Å². The van der Waals surface area contributed by atoms with Crippen molar-refractivity contribution >= 4 is 6.09 Å². The van der Waals surface area contributed by atoms with E-state index in [9.17, 15) is 4.79 Å². The van der Waals surface area contributed by atoms with Crippen LogP contribution in [0.25, 0.3) is 0 Å². The molecule has 0 spiro atoms. The van der Waals surface area contributed by atoms with Gasteiger partial charge in [-0.3, -0.25) is 0 Å². The topological polar surface area (TPSA) is 38.8 Å². The van der Waals surface area contributed by atoms with Gasteiger partial charge in [-0.1, -0.05) is 36.4 Å². The Hall–Kier alpha value is -2.49. The van der Waals surface area contributed by atoms with Gasteiger partial charge in [0.1, 0.15) is 5.75 Å². The molecule has 0 saturated carbocycles. The molecule has 0 aromatic heterocycles. The first-order valence-corrected chi connectivity index (χ1v) is 8.87. The molecule has 0 radical (unpaired) electrons. The summed E-state index contributed by atoms with van der Waals surface area (Å²) < 4.78 is 10.8. The summed E-state index contributed by atoms with van der Waals surface area (Å²) in [7, 11) is 1.67. The van der Waals surface area contributed by atoms with Crippen LogP contribution in [0, 0.1) is 0 Å². The molecular weight excluding hydrogens is 314 g/mol.